The molecule has 0 spiro atoms. The summed E-state index contributed by atoms with van der Waals surface area (Å²) in [6.45, 7) is 3.33. The maximum atomic E-state index is 9.42. The number of nitrogens with zero attached hydrogens (tertiary/aromatic N) is 2. The molecule has 1 aromatic heterocycles. The zero-order valence-electron chi connectivity index (χ0n) is 12.1. The number of morpholine rings is 1. The average molecular weight is 288 g/mol. The summed E-state index contributed by atoms with van der Waals surface area (Å²) >= 11 is 0. The summed E-state index contributed by atoms with van der Waals surface area (Å²) < 4.78 is 5.70. The van der Waals surface area contributed by atoms with Gasteiger partial charge in [0.2, 0.25) is 0 Å². The van der Waals surface area contributed by atoms with Crippen molar-refractivity contribution in [2.75, 3.05) is 24.6 Å². The van der Waals surface area contributed by atoms with Crippen molar-refractivity contribution in [1.29, 1.82) is 0 Å². The standard InChI is InChI=1S/C16H20N2O3/c1-11-7-18(8-13(10-20)21-11)16-6-12(9-19)17-15-5-3-2-4-14(15)16/h2-6,11,13,19-20H,7-10H2,1H3. The van der Waals surface area contributed by atoms with Crippen molar-refractivity contribution in [3.05, 3.63) is 36.0 Å². The molecule has 2 heterocycles. The van der Waals surface area contributed by atoms with E-state index in [1.54, 1.807) is 0 Å². The van der Waals surface area contributed by atoms with Crippen LogP contribution < -0.4 is 4.90 Å². The number of benzene rings is 1. The van der Waals surface area contributed by atoms with E-state index < -0.39 is 0 Å². The van der Waals surface area contributed by atoms with Gasteiger partial charge in [-0.05, 0) is 19.1 Å². The molecular weight excluding hydrogens is 268 g/mol. The van der Waals surface area contributed by atoms with Crippen LogP contribution in [0.1, 0.15) is 12.6 Å². The van der Waals surface area contributed by atoms with Crippen LogP contribution in [0.25, 0.3) is 10.9 Å². The second-order valence-electron chi connectivity index (χ2n) is 5.46. The molecular formula is C16H20N2O3. The highest BCUT2D eigenvalue weighted by atomic mass is 16.5. The van der Waals surface area contributed by atoms with Crippen LogP contribution in [0.2, 0.25) is 0 Å². The zero-order valence-corrected chi connectivity index (χ0v) is 12.1. The summed E-state index contributed by atoms with van der Waals surface area (Å²) in [6, 6.07) is 9.84. The van der Waals surface area contributed by atoms with Gasteiger partial charge in [0, 0.05) is 24.2 Å². The smallest absolute Gasteiger partial charge is 0.0984 e. The van der Waals surface area contributed by atoms with Gasteiger partial charge in [-0.1, -0.05) is 18.2 Å². The molecule has 112 valence electrons. The Hall–Kier alpha value is -1.69. The summed E-state index contributed by atoms with van der Waals surface area (Å²) in [7, 11) is 0. The molecule has 3 rings (SSSR count). The third-order valence-electron chi connectivity index (χ3n) is 3.78. The number of aliphatic hydroxyl groups is 2. The number of hydrogen-bond acceptors (Lipinski definition) is 5. The number of aromatic nitrogens is 1. The minimum absolute atomic E-state index is 0.0106. The molecule has 1 fully saturated rings. The molecule has 21 heavy (non-hydrogen) atoms. The molecule has 5 nitrogen and oxygen atoms in total. The van der Waals surface area contributed by atoms with Crippen LogP contribution >= 0.6 is 0 Å². The summed E-state index contributed by atoms with van der Waals surface area (Å²) in [5.74, 6) is 0. The summed E-state index contributed by atoms with van der Waals surface area (Å²) in [5, 5.41) is 19.9. The van der Waals surface area contributed by atoms with Crippen LogP contribution in [0.3, 0.4) is 0 Å². The van der Waals surface area contributed by atoms with Crippen molar-refractivity contribution in [3.63, 3.8) is 0 Å². The Morgan fingerprint density at radius 1 is 1.29 bits per heavy atom. The van der Waals surface area contributed by atoms with E-state index in [4.69, 9.17) is 4.74 Å². The summed E-state index contributed by atoms with van der Waals surface area (Å²) in [4.78, 5) is 6.66. The van der Waals surface area contributed by atoms with Crippen LogP contribution in [0.5, 0.6) is 0 Å². The Bertz CT molecular complexity index is 632. The minimum atomic E-state index is -0.182. The predicted molar refractivity (Wildman–Crippen MR) is 81.3 cm³/mol. The van der Waals surface area contributed by atoms with Gasteiger partial charge in [-0.3, -0.25) is 4.98 Å². The third-order valence-corrected chi connectivity index (χ3v) is 3.78. The second-order valence-corrected chi connectivity index (χ2v) is 5.46. The van der Waals surface area contributed by atoms with Gasteiger partial charge in [0.25, 0.3) is 0 Å². The van der Waals surface area contributed by atoms with Gasteiger partial charge < -0.3 is 19.8 Å². The highest BCUT2D eigenvalue weighted by Gasteiger charge is 2.26. The van der Waals surface area contributed by atoms with Crippen LogP contribution in [0, 0.1) is 0 Å². The Kier molecular flexibility index (Phi) is 4.05. The second kappa shape index (κ2) is 5.97. The molecule has 2 unspecified atom stereocenters. The van der Waals surface area contributed by atoms with Crippen LogP contribution in [-0.4, -0.2) is 47.1 Å². The zero-order chi connectivity index (χ0) is 14.8. The molecule has 1 aliphatic rings. The molecule has 0 aliphatic carbocycles. The molecule has 1 aliphatic heterocycles. The van der Waals surface area contributed by atoms with E-state index in [0.29, 0.717) is 12.2 Å². The first kappa shape index (κ1) is 14.3. The number of ether oxygens (including phenoxy) is 1. The highest BCUT2D eigenvalue weighted by Crippen LogP contribution is 2.29. The van der Waals surface area contributed by atoms with Crippen molar-refractivity contribution >= 4 is 16.6 Å². The van der Waals surface area contributed by atoms with Crippen molar-refractivity contribution < 1.29 is 14.9 Å². The monoisotopic (exact) mass is 288 g/mol. The summed E-state index contributed by atoms with van der Waals surface area (Å²) in [6.07, 6.45) is -0.126. The molecule has 0 amide bonds. The first-order valence-electron chi connectivity index (χ1n) is 7.22. The topological polar surface area (TPSA) is 65.8 Å². The number of hydrogen-bond donors (Lipinski definition) is 2. The fraction of sp³-hybridized carbons (Fsp3) is 0.438. The lowest BCUT2D eigenvalue weighted by molar-refractivity contribution is -0.0420. The van der Waals surface area contributed by atoms with Crippen LogP contribution in [0.15, 0.2) is 30.3 Å². The van der Waals surface area contributed by atoms with Crippen molar-refractivity contribution in [2.24, 2.45) is 0 Å². The molecule has 1 saturated heterocycles. The van der Waals surface area contributed by atoms with Gasteiger partial charge in [0.05, 0.1) is 36.6 Å². The van der Waals surface area contributed by atoms with E-state index in [1.165, 1.54) is 0 Å². The largest absolute Gasteiger partial charge is 0.394 e. The molecule has 1 aromatic carbocycles. The van der Waals surface area contributed by atoms with Gasteiger partial charge in [0.1, 0.15) is 0 Å². The molecule has 2 N–H and O–H groups in total. The minimum Gasteiger partial charge on any atom is -0.394 e. The van der Waals surface area contributed by atoms with Gasteiger partial charge in [-0.2, -0.15) is 0 Å². The number of aliphatic hydroxyl groups excluding tert-OH is 2. The maximum Gasteiger partial charge on any atom is 0.0984 e. The highest BCUT2D eigenvalue weighted by molar-refractivity contribution is 5.92. The lowest BCUT2D eigenvalue weighted by atomic mass is 10.1. The number of anilines is 1. The Labute approximate surface area is 123 Å². The fourth-order valence-corrected chi connectivity index (χ4v) is 2.90. The summed E-state index contributed by atoms with van der Waals surface area (Å²) in [5.41, 5.74) is 2.57. The van der Waals surface area contributed by atoms with Crippen LogP contribution in [0.4, 0.5) is 5.69 Å². The number of fused-ring (bicyclic) bond motifs is 1. The molecule has 2 aromatic rings. The average Bonchev–Trinajstić information content (AvgIpc) is 2.53. The number of para-hydroxylation sites is 1. The van der Waals surface area contributed by atoms with E-state index in [2.05, 4.69) is 9.88 Å². The quantitative estimate of drug-likeness (QED) is 0.891. The normalized spacial score (nSPS) is 22.7. The lowest BCUT2D eigenvalue weighted by Crippen LogP contribution is -2.48. The maximum absolute atomic E-state index is 9.42. The molecule has 2 atom stereocenters. The number of rotatable bonds is 3. The number of pyridine rings is 1. The Morgan fingerprint density at radius 3 is 2.86 bits per heavy atom. The van der Waals surface area contributed by atoms with Crippen molar-refractivity contribution in [2.45, 2.75) is 25.7 Å². The lowest BCUT2D eigenvalue weighted by Gasteiger charge is -2.38. The molecule has 0 bridgehead atoms. The van der Waals surface area contributed by atoms with Gasteiger partial charge in [0.15, 0.2) is 0 Å². The third kappa shape index (κ3) is 2.85. The first-order valence-corrected chi connectivity index (χ1v) is 7.22. The van der Waals surface area contributed by atoms with E-state index >= 15 is 0 Å². The Morgan fingerprint density at radius 2 is 2.10 bits per heavy atom. The molecule has 5 heteroatoms. The van der Waals surface area contributed by atoms with Gasteiger partial charge in [-0.25, -0.2) is 0 Å². The SMILES string of the molecule is CC1CN(c2cc(CO)nc3ccccc23)CC(CO)O1. The van der Waals surface area contributed by atoms with E-state index in [1.807, 2.05) is 37.3 Å². The van der Waals surface area contributed by atoms with Crippen molar-refractivity contribution in [1.82, 2.24) is 4.98 Å². The van der Waals surface area contributed by atoms with Gasteiger partial charge in [-0.15, -0.1) is 0 Å². The van der Waals surface area contributed by atoms with Crippen molar-refractivity contribution in [3.8, 4) is 0 Å². The molecule has 0 radical (unpaired) electrons. The molecule has 0 saturated carbocycles. The first-order chi connectivity index (χ1) is 10.2. The van der Waals surface area contributed by atoms with E-state index in [9.17, 15) is 10.2 Å². The Balaban J connectivity index is 2.05. The van der Waals surface area contributed by atoms with Crippen LogP contribution in [-0.2, 0) is 11.3 Å². The predicted octanol–water partition coefficient (Wildman–Crippen LogP) is 1.31. The van der Waals surface area contributed by atoms with E-state index in [-0.39, 0.29) is 25.4 Å². The van der Waals surface area contributed by atoms with Gasteiger partial charge >= 0.3 is 0 Å². The fourth-order valence-electron chi connectivity index (χ4n) is 2.90. The van der Waals surface area contributed by atoms with E-state index in [0.717, 1.165) is 23.1 Å².